The molecule has 0 saturated carbocycles. The molecule has 2 aliphatic heterocycles. The lowest BCUT2D eigenvalue weighted by Gasteiger charge is -2.40. The van der Waals surface area contributed by atoms with Crippen molar-refractivity contribution < 1.29 is 14.2 Å². The van der Waals surface area contributed by atoms with Crippen LogP contribution in [0.2, 0.25) is 0 Å². The summed E-state index contributed by atoms with van der Waals surface area (Å²) in [6.45, 7) is 7.73. The molecule has 34 heavy (non-hydrogen) atoms. The molecule has 0 bridgehead atoms. The zero-order valence-corrected chi connectivity index (χ0v) is 20.1. The molecule has 2 aliphatic rings. The van der Waals surface area contributed by atoms with Gasteiger partial charge in [-0.2, -0.15) is 0 Å². The lowest BCUT2D eigenvalue weighted by molar-refractivity contribution is 0.0115. The Labute approximate surface area is 199 Å². The average Bonchev–Trinajstić information content (AvgIpc) is 2.89. The molecule has 0 amide bonds. The molecular weight excluding hydrogens is 432 g/mol. The summed E-state index contributed by atoms with van der Waals surface area (Å²) >= 11 is 0. The largest absolute Gasteiger partial charge is 0.493 e. The van der Waals surface area contributed by atoms with Gasteiger partial charge < -0.3 is 19.1 Å². The normalized spacial score (nSPS) is 17.8. The van der Waals surface area contributed by atoms with E-state index in [0.717, 1.165) is 69.0 Å². The third-order valence-electron chi connectivity index (χ3n) is 7.00. The summed E-state index contributed by atoms with van der Waals surface area (Å²) in [5, 5.41) is 0. The standard InChI is InChI=1S/C26H32N4O4/c1-18-14-21(28-8-6-20(7-9-28)29-10-12-34-13-11-29)17-30-25(31)16-22(27-26(18)30)19-4-5-23(32-2)24(15-19)33-3/h4-5,14-17,20H,6-13H2,1-3H3. The molecule has 4 heterocycles. The molecule has 0 radical (unpaired) electrons. The first kappa shape index (κ1) is 22.7. The molecule has 0 N–H and O–H groups in total. The van der Waals surface area contributed by atoms with Gasteiger partial charge in [-0.05, 0) is 49.6 Å². The monoisotopic (exact) mass is 464 g/mol. The van der Waals surface area contributed by atoms with Gasteiger partial charge in [0, 0.05) is 50.0 Å². The molecule has 1 aromatic carbocycles. The van der Waals surface area contributed by atoms with Crippen molar-refractivity contribution in [3.8, 4) is 22.8 Å². The first-order chi connectivity index (χ1) is 16.6. The third-order valence-corrected chi connectivity index (χ3v) is 7.00. The minimum atomic E-state index is -0.0945. The Kier molecular flexibility index (Phi) is 6.43. The number of aromatic nitrogens is 2. The maximum absolute atomic E-state index is 13.1. The van der Waals surface area contributed by atoms with Crippen molar-refractivity contribution in [2.45, 2.75) is 25.8 Å². The number of hydrogen-bond donors (Lipinski definition) is 0. The summed E-state index contributed by atoms with van der Waals surface area (Å²) in [4.78, 5) is 22.9. The number of nitrogens with zero attached hydrogens (tertiary/aromatic N) is 4. The van der Waals surface area contributed by atoms with Crippen molar-refractivity contribution in [3.63, 3.8) is 0 Å². The number of benzene rings is 1. The van der Waals surface area contributed by atoms with Crippen LogP contribution in [0.5, 0.6) is 11.5 Å². The Morgan fingerprint density at radius 1 is 0.971 bits per heavy atom. The number of methoxy groups -OCH3 is 2. The maximum atomic E-state index is 13.1. The van der Waals surface area contributed by atoms with Gasteiger partial charge in [-0.3, -0.25) is 14.1 Å². The first-order valence-corrected chi connectivity index (χ1v) is 11.9. The van der Waals surface area contributed by atoms with E-state index in [-0.39, 0.29) is 5.56 Å². The molecule has 180 valence electrons. The second-order valence-electron chi connectivity index (χ2n) is 8.99. The summed E-state index contributed by atoms with van der Waals surface area (Å²) in [6.07, 6.45) is 4.19. The van der Waals surface area contributed by atoms with Crippen molar-refractivity contribution in [1.29, 1.82) is 0 Å². The number of anilines is 1. The third kappa shape index (κ3) is 4.35. The summed E-state index contributed by atoms with van der Waals surface area (Å²) in [7, 11) is 3.20. The lowest BCUT2D eigenvalue weighted by atomic mass is 10.0. The molecule has 2 aromatic heterocycles. The van der Waals surface area contributed by atoms with Gasteiger partial charge in [0.2, 0.25) is 0 Å². The van der Waals surface area contributed by atoms with E-state index in [2.05, 4.69) is 15.9 Å². The zero-order chi connectivity index (χ0) is 23.7. The molecule has 5 rings (SSSR count). The van der Waals surface area contributed by atoms with Crippen molar-refractivity contribution in [1.82, 2.24) is 14.3 Å². The fourth-order valence-corrected chi connectivity index (χ4v) is 5.10. The second-order valence-corrected chi connectivity index (χ2v) is 8.99. The van der Waals surface area contributed by atoms with Crippen LogP contribution >= 0.6 is 0 Å². The fourth-order valence-electron chi connectivity index (χ4n) is 5.10. The summed E-state index contributed by atoms with van der Waals surface area (Å²) in [5.41, 5.74) is 4.06. The predicted octanol–water partition coefficient (Wildman–Crippen LogP) is 2.99. The van der Waals surface area contributed by atoms with E-state index in [1.807, 2.05) is 31.3 Å². The van der Waals surface area contributed by atoms with Crippen LogP contribution in [0.15, 0.2) is 41.3 Å². The van der Waals surface area contributed by atoms with Crippen LogP contribution in [-0.4, -0.2) is 73.9 Å². The number of hydrogen-bond acceptors (Lipinski definition) is 7. The number of morpholine rings is 1. The smallest absolute Gasteiger partial charge is 0.258 e. The van der Waals surface area contributed by atoms with Gasteiger partial charge in [0.1, 0.15) is 5.65 Å². The second kappa shape index (κ2) is 9.64. The first-order valence-electron chi connectivity index (χ1n) is 11.9. The lowest BCUT2D eigenvalue weighted by Crippen LogP contribution is -2.49. The summed E-state index contributed by atoms with van der Waals surface area (Å²) in [6, 6.07) is 9.92. The number of piperidine rings is 1. The van der Waals surface area contributed by atoms with E-state index in [1.54, 1.807) is 24.7 Å². The van der Waals surface area contributed by atoms with E-state index in [0.29, 0.717) is 28.9 Å². The van der Waals surface area contributed by atoms with E-state index >= 15 is 0 Å². The van der Waals surface area contributed by atoms with Crippen LogP contribution in [-0.2, 0) is 4.74 Å². The van der Waals surface area contributed by atoms with Gasteiger partial charge in [-0.1, -0.05) is 0 Å². The highest BCUT2D eigenvalue weighted by Crippen LogP contribution is 2.32. The Balaban J connectivity index is 1.41. The van der Waals surface area contributed by atoms with Crippen molar-refractivity contribution in [3.05, 3.63) is 52.4 Å². The van der Waals surface area contributed by atoms with E-state index in [1.165, 1.54) is 0 Å². The Morgan fingerprint density at radius 2 is 1.71 bits per heavy atom. The zero-order valence-electron chi connectivity index (χ0n) is 20.1. The average molecular weight is 465 g/mol. The van der Waals surface area contributed by atoms with Gasteiger partial charge in [0.25, 0.3) is 5.56 Å². The highest BCUT2D eigenvalue weighted by molar-refractivity contribution is 5.67. The SMILES string of the molecule is COc1ccc(-c2cc(=O)n3cc(N4CCC(N5CCOCC5)CC4)cc(C)c3n2)cc1OC. The van der Waals surface area contributed by atoms with E-state index < -0.39 is 0 Å². The van der Waals surface area contributed by atoms with Crippen molar-refractivity contribution in [2.24, 2.45) is 0 Å². The molecule has 0 spiro atoms. The quantitative estimate of drug-likeness (QED) is 0.575. The molecule has 2 saturated heterocycles. The number of rotatable bonds is 5. The number of pyridine rings is 1. The van der Waals surface area contributed by atoms with Crippen LogP contribution < -0.4 is 19.9 Å². The molecule has 8 nitrogen and oxygen atoms in total. The minimum absolute atomic E-state index is 0.0945. The van der Waals surface area contributed by atoms with Gasteiger partial charge in [-0.15, -0.1) is 0 Å². The van der Waals surface area contributed by atoms with Crippen molar-refractivity contribution >= 4 is 11.3 Å². The summed E-state index contributed by atoms with van der Waals surface area (Å²) in [5.74, 6) is 1.25. The summed E-state index contributed by atoms with van der Waals surface area (Å²) < 4.78 is 17.9. The predicted molar refractivity (Wildman–Crippen MR) is 132 cm³/mol. The fraction of sp³-hybridized carbons (Fsp3) is 0.462. The van der Waals surface area contributed by atoms with Gasteiger partial charge >= 0.3 is 0 Å². The van der Waals surface area contributed by atoms with Crippen LogP contribution in [0.25, 0.3) is 16.9 Å². The van der Waals surface area contributed by atoms with Gasteiger partial charge in [0.05, 0.1) is 38.8 Å². The molecule has 2 fully saturated rings. The number of fused-ring (bicyclic) bond motifs is 1. The van der Waals surface area contributed by atoms with E-state index in [9.17, 15) is 4.79 Å². The topological polar surface area (TPSA) is 68.5 Å². The van der Waals surface area contributed by atoms with Crippen molar-refractivity contribution in [2.75, 3.05) is 58.5 Å². The molecule has 8 heteroatoms. The maximum Gasteiger partial charge on any atom is 0.258 e. The highest BCUT2D eigenvalue weighted by Gasteiger charge is 2.26. The van der Waals surface area contributed by atoms with Crippen LogP contribution in [0.1, 0.15) is 18.4 Å². The molecule has 0 atom stereocenters. The molecule has 3 aromatic rings. The van der Waals surface area contributed by atoms with Crippen LogP contribution in [0.3, 0.4) is 0 Å². The van der Waals surface area contributed by atoms with Gasteiger partial charge in [-0.25, -0.2) is 4.98 Å². The Hall–Kier alpha value is -3.10. The highest BCUT2D eigenvalue weighted by atomic mass is 16.5. The van der Waals surface area contributed by atoms with Gasteiger partial charge in [0.15, 0.2) is 11.5 Å². The number of aryl methyl sites for hydroxylation is 1. The molecule has 0 aliphatic carbocycles. The Morgan fingerprint density at radius 3 is 2.41 bits per heavy atom. The minimum Gasteiger partial charge on any atom is -0.493 e. The molecule has 0 unspecified atom stereocenters. The molecular formula is C26H32N4O4. The van der Waals surface area contributed by atoms with Crippen LogP contribution in [0.4, 0.5) is 5.69 Å². The van der Waals surface area contributed by atoms with E-state index in [4.69, 9.17) is 19.2 Å². The Bertz CT molecular complexity index is 1230. The van der Waals surface area contributed by atoms with Crippen LogP contribution in [0, 0.1) is 6.92 Å². The number of ether oxygens (including phenoxy) is 3.